The van der Waals surface area contributed by atoms with E-state index in [0.29, 0.717) is 34.6 Å². The molecule has 0 amide bonds. The lowest BCUT2D eigenvalue weighted by Gasteiger charge is -2.28. The van der Waals surface area contributed by atoms with Gasteiger partial charge < -0.3 is 10.1 Å². The van der Waals surface area contributed by atoms with Gasteiger partial charge in [-0.2, -0.15) is 4.31 Å². The van der Waals surface area contributed by atoms with Crippen LogP contribution in [0.15, 0.2) is 35.4 Å². The first kappa shape index (κ1) is 17.1. The summed E-state index contributed by atoms with van der Waals surface area (Å²) in [6.07, 6.45) is 3.18. The van der Waals surface area contributed by atoms with Gasteiger partial charge in [-0.25, -0.2) is 13.4 Å². The van der Waals surface area contributed by atoms with E-state index in [4.69, 9.17) is 4.74 Å². The molecule has 1 N–H and O–H groups in total. The predicted octanol–water partition coefficient (Wildman–Crippen LogP) is 2.01. The molecule has 1 atom stereocenters. The SMILES string of the molecule is CCC1CNCCCN1S(=O)(=O)c1cccc2c(OC)nccc12. The first-order valence-corrected chi connectivity index (χ1v) is 9.68. The lowest BCUT2D eigenvalue weighted by Crippen LogP contribution is -2.43. The van der Waals surface area contributed by atoms with Crippen LogP contribution in [0, 0.1) is 0 Å². The molecule has 0 aliphatic carbocycles. The number of sulfonamides is 1. The van der Waals surface area contributed by atoms with Gasteiger partial charge in [0.25, 0.3) is 0 Å². The topological polar surface area (TPSA) is 71.5 Å². The fraction of sp³-hybridized carbons (Fsp3) is 0.471. The number of fused-ring (bicyclic) bond motifs is 1. The molecule has 1 aromatic carbocycles. The van der Waals surface area contributed by atoms with Gasteiger partial charge in [0.1, 0.15) is 0 Å². The number of aromatic nitrogens is 1. The highest BCUT2D eigenvalue weighted by atomic mass is 32.2. The maximum absolute atomic E-state index is 13.4. The molecular weight excluding hydrogens is 326 g/mol. The van der Waals surface area contributed by atoms with E-state index in [0.717, 1.165) is 19.4 Å². The Labute approximate surface area is 142 Å². The van der Waals surface area contributed by atoms with Crippen molar-refractivity contribution in [3.05, 3.63) is 30.5 Å². The maximum Gasteiger partial charge on any atom is 0.243 e. The molecule has 1 aliphatic heterocycles. The van der Waals surface area contributed by atoms with Gasteiger partial charge in [0.2, 0.25) is 15.9 Å². The summed E-state index contributed by atoms with van der Waals surface area (Å²) < 4.78 is 33.6. The highest BCUT2D eigenvalue weighted by molar-refractivity contribution is 7.89. The van der Waals surface area contributed by atoms with Gasteiger partial charge in [-0.15, -0.1) is 0 Å². The van der Waals surface area contributed by atoms with Crippen molar-refractivity contribution < 1.29 is 13.2 Å². The van der Waals surface area contributed by atoms with Crippen molar-refractivity contribution >= 4 is 20.8 Å². The van der Waals surface area contributed by atoms with Crippen molar-refractivity contribution in [3.63, 3.8) is 0 Å². The summed E-state index contributed by atoms with van der Waals surface area (Å²) in [5, 5.41) is 4.68. The fourth-order valence-electron chi connectivity index (χ4n) is 3.24. The highest BCUT2D eigenvalue weighted by Crippen LogP contribution is 2.31. The number of nitrogens with zero attached hydrogens (tertiary/aromatic N) is 2. The minimum absolute atomic E-state index is 0.0310. The normalized spacial score (nSPS) is 20.0. The molecule has 24 heavy (non-hydrogen) atoms. The van der Waals surface area contributed by atoms with Gasteiger partial charge in [0, 0.05) is 36.1 Å². The van der Waals surface area contributed by atoms with Crippen molar-refractivity contribution in [2.24, 2.45) is 0 Å². The summed E-state index contributed by atoms with van der Waals surface area (Å²) >= 11 is 0. The second kappa shape index (κ2) is 7.04. The van der Waals surface area contributed by atoms with E-state index in [1.165, 1.54) is 7.11 Å². The van der Waals surface area contributed by atoms with Gasteiger partial charge in [0.05, 0.1) is 12.0 Å². The van der Waals surface area contributed by atoms with Crippen LogP contribution in [0.2, 0.25) is 0 Å². The van der Waals surface area contributed by atoms with Crippen LogP contribution in [0.1, 0.15) is 19.8 Å². The van der Waals surface area contributed by atoms with Crippen molar-refractivity contribution in [2.75, 3.05) is 26.7 Å². The Kier molecular flexibility index (Phi) is 5.03. The Hall–Kier alpha value is -1.70. The fourth-order valence-corrected chi connectivity index (χ4v) is 5.19. The molecule has 1 aliphatic rings. The zero-order valence-electron chi connectivity index (χ0n) is 14.0. The Morgan fingerprint density at radius 1 is 1.33 bits per heavy atom. The van der Waals surface area contributed by atoms with Gasteiger partial charge in [-0.3, -0.25) is 0 Å². The van der Waals surface area contributed by atoms with Gasteiger partial charge >= 0.3 is 0 Å². The monoisotopic (exact) mass is 349 g/mol. The summed E-state index contributed by atoms with van der Waals surface area (Å²) in [6, 6.07) is 6.96. The minimum atomic E-state index is -3.59. The van der Waals surface area contributed by atoms with Crippen LogP contribution in [0.3, 0.4) is 0 Å². The van der Waals surface area contributed by atoms with Crippen molar-refractivity contribution in [2.45, 2.75) is 30.7 Å². The lowest BCUT2D eigenvalue weighted by molar-refractivity contribution is 0.327. The number of hydrogen-bond donors (Lipinski definition) is 1. The van der Waals surface area contributed by atoms with E-state index in [1.54, 1.807) is 28.7 Å². The molecule has 3 rings (SSSR count). The van der Waals surface area contributed by atoms with Gasteiger partial charge in [-0.1, -0.05) is 13.0 Å². The molecular formula is C17H23N3O3S. The largest absolute Gasteiger partial charge is 0.481 e. The second-order valence-electron chi connectivity index (χ2n) is 5.91. The third kappa shape index (κ3) is 2.99. The Morgan fingerprint density at radius 2 is 2.17 bits per heavy atom. The quantitative estimate of drug-likeness (QED) is 0.914. The third-order valence-corrected chi connectivity index (χ3v) is 6.51. The number of ether oxygens (including phenoxy) is 1. The maximum atomic E-state index is 13.4. The predicted molar refractivity (Wildman–Crippen MR) is 93.8 cm³/mol. The third-order valence-electron chi connectivity index (χ3n) is 4.50. The van der Waals surface area contributed by atoms with Gasteiger partial charge in [0.15, 0.2) is 0 Å². The lowest BCUT2D eigenvalue weighted by atomic mass is 10.2. The molecule has 0 spiro atoms. The number of benzene rings is 1. The number of nitrogens with one attached hydrogen (secondary N) is 1. The zero-order chi connectivity index (χ0) is 17.2. The van der Waals surface area contributed by atoms with Crippen LogP contribution >= 0.6 is 0 Å². The molecule has 2 aromatic rings. The standard InChI is InChI=1S/C17H23N3O3S/c1-3-13-12-18-9-5-11-20(13)24(21,22)16-7-4-6-15-14(16)8-10-19-17(15)23-2/h4,6-8,10,13,18H,3,5,9,11-12H2,1-2H3. The Morgan fingerprint density at radius 3 is 2.92 bits per heavy atom. The molecule has 0 radical (unpaired) electrons. The second-order valence-corrected chi connectivity index (χ2v) is 7.77. The molecule has 2 heterocycles. The molecule has 1 aromatic heterocycles. The Balaban J connectivity index is 2.14. The summed E-state index contributed by atoms with van der Waals surface area (Å²) in [5.74, 6) is 0.439. The molecule has 6 nitrogen and oxygen atoms in total. The average molecular weight is 349 g/mol. The molecule has 1 unspecified atom stereocenters. The highest BCUT2D eigenvalue weighted by Gasteiger charge is 2.32. The van der Waals surface area contributed by atoms with Crippen LogP contribution in [-0.4, -0.2) is 50.5 Å². The smallest absolute Gasteiger partial charge is 0.243 e. The summed E-state index contributed by atoms with van der Waals surface area (Å²) in [5.41, 5.74) is 0. The van der Waals surface area contributed by atoms with E-state index < -0.39 is 10.0 Å². The van der Waals surface area contributed by atoms with Crippen LogP contribution in [-0.2, 0) is 10.0 Å². The number of rotatable bonds is 4. The summed E-state index contributed by atoms with van der Waals surface area (Å²) in [4.78, 5) is 4.49. The molecule has 1 fully saturated rings. The molecule has 7 heteroatoms. The van der Waals surface area contributed by atoms with Crippen LogP contribution in [0.25, 0.3) is 10.8 Å². The van der Waals surface area contributed by atoms with Crippen LogP contribution < -0.4 is 10.1 Å². The molecule has 130 valence electrons. The van der Waals surface area contributed by atoms with E-state index in [1.807, 2.05) is 13.0 Å². The molecule has 0 saturated carbocycles. The van der Waals surface area contributed by atoms with E-state index in [-0.39, 0.29) is 6.04 Å². The summed E-state index contributed by atoms with van der Waals surface area (Å²) in [7, 11) is -2.05. The number of methoxy groups -OCH3 is 1. The van der Waals surface area contributed by atoms with Crippen LogP contribution in [0.4, 0.5) is 0 Å². The molecule has 0 bridgehead atoms. The van der Waals surface area contributed by atoms with E-state index in [2.05, 4.69) is 10.3 Å². The first-order valence-electron chi connectivity index (χ1n) is 8.24. The van der Waals surface area contributed by atoms with Crippen molar-refractivity contribution in [1.82, 2.24) is 14.6 Å². The number of pyridine rings is 1. The average Bonchev–Trinajstić information content (AvgIpc) is 2.86. The van der Waals surface area contributed by atoms with Crippen molar-refractivity contribution in [3.8, 4) is 5.88 Å². The molecule has 1 saturated heterocycles. The first-order chi connectivity index (χ1) is 11.6. The number of hydrogen-bond acceptors (Lipinski definition) is 5. The van der Waals surface area contributed by atoms with Gasteiger partial charge in [-0.05, 0) is 37.6 Å². The minimum Gasteiger partial charge on any atom is -0.481 e. The van der Waals surface area contributed by atoms with E-state index in [9.17, 15) is 8.42 Å². The van der Waals surface area contributed by atoms with E-state index >= 15 is 0 Å². The Bertz CT molecular complexity index is 823. The van der Waals surface area contributed by atoms with Crippen LogP contribution in [0.5, 0.6) is 5.88 Å². The zero-order valence-corrected chi connectivity index (χ0v) is 14.8. The summed E-state index contributed by atoms with van der Waals surface area (Å²) in [6.45, 7) is 4.09. The van der Waals surface area contributed by atoms with Crippen molar-refractivity contribution in [1.29, 1.82) is 0 Å².